The van der Waals surface area contributed by atoms with Crippen LogP contribution in [0.4, 0.5) is 0 Å². The molecule has 26 heavy (non-hydrogen) atoms. The van der Waals surface area contributed by atoms with Gasteiger partial charge in [-0.25, -0.2) is 0 Å². The molecular formula is C18H21ClNNaO5. The largest absolute Gasteiger partial charge is 1.00 e. The first-order valence-electron chi connectivity index (χ1n) is 8.21. The van der Waals surface area contributed by atoms with Crippen molar-refractivity contribution in [3.63, 3.8) is 0 Å². The number of nitrogens with zero attached hydrogens (tertiary/aromatic N) is 1. The Morgan fingerprint density at radius 2 is 2.00 bits per heavy atom. The second kappa shape index (κ2) is 9.24. The van der Waals surface area contributed by atoms with Crippen molar-refractivity contribution < 1.29 is 54.4 Å². The van der Waals surface area contributed by atoms with E-state index in [0.717, 1.165) is 12.0 Å². The standard InChI is InChI=1S/C18H21ClNO5.Na/c1-3-24-18-16(23)14(21)15(22)17(25-18)20-7-6-11-4-5-12(19)8-13(11)10(2)9-20;/h4-5,8,10,14-18,21-23H,6-7,9H2,2H3;/q-1;+1/t10-,14+,15+,16-,17+,18-;/m0./s1. The summed E-state index contributed by atoms with van der Waals surface area (Å²) in [5.41, 5.74) is 2.34. The maximum atomic E-state index is 10.4. The molecule has 0 radical (unpaired) electrons. The van der Waals surface area contributed by atoms with Gasteiger partial charge in [-0.2, -0.15) is 0 Å². The first-order valence-corrected chi connectivity index (χ1v) is 8.59. The fourth-order valence-corrected chi connectivity index (χ4v) is 3.76. The molecule has 2 heterocycles. The van der Waals surface area contributed by atoms with Gasteiger partial charge in [-0.15, -0.1) is 6.11 Å². The maximum absolute atomic E-state index is 10.4. The Hall–Kier alpha value is -0.330. The molecule has 0 spiro atoms. The van der Waals surface area contributed by atoms with Crippen molar-refractivity contribution in [1.29, 1.82) is 0 Å². The van der Waals surface area contributed by atoms with E-state index in [1.54, 1.807) is 6.11 Å². The fraction of sp³-hybridized carbons (Fsp3) is 0.556. The molecule has 3 rings (SSSR count). The number of hydrogen-bond acceptors (Lipinski definition) is 6. The second-order valence-electron chi connectivity index (χ2n) is 6.58. The van der Waals surface area contributed by atoms with Crippen molar-refractivity contribution in [2.45, 2.75) is 50.1 Å². The van der Waals surface area contributed by atoms with Crippen LogP contribution in [0, 0.1) is 12.5 Å². The van der Waals surface area contributed by atoms with Crippen LogP contribution in [0.2, 0.25) is 5.02 Å². The van der Waals surface area contributed by atoms with Crippen LogP contribution in [-0.2, 0) is 15.9 Å². The molecule has 6 atom stereocenters. The van der Waals surface area contributed by atoms with E-state index in [2.05, 4.69) is 6.92 Å². The normalized spacial score (nSPS) is 34.8. The number of halogens is 1. The average molecular weight is 390 g/mol. The van der Waals surface area contributed by atoms with Crippen LogP contribution in [0.1, 0.15) is 24.0 Å². The molecule has 1 saturated heterocycles. The third-order valence-electron chi connectivity index (χ3n) is 4.89. The smallest absolute Gasteiger partial charge is 0.648 e. The molecule has 1 aromatic carbocycles. The van der Waals surface area contributed by atoms with E-state index in [1.165, 1.54) is 5.56 Å². The summed E-state index contributed by atoms with van der Waals surface area (Å²) in [5, 5.41) is 31.1. The van der Waals surface area contributed by atoms with Gasteiger partial charge in [0.15, 0.2) is 0 Å². The molecule has 3 N–H and O–H groups in total. The molecule has 8 heteroatoms. The van der Waals surface area contributed by atoms with Crippen LogP contribution in [0.5, 0.6) is 0 Å². The Bertz CT molecular complexity index is 669. The number of hydrogen-bond donors (Lipinski definition) is 3. The molecule has 0 aliphatic carbocycles. The maximum Gasteiger partial charge on any atom is 1.00 e. The Kier molecular flexibility index (Phi) is 7.81. The molecule has 0 unspecified atom stereocenters. The number of aliphatic hydroxyl groups is 3. The fourth-order valence-electron chi connectivity index (χ4n) is 3.58. The summed E-state index contributed by atoms with van der Waals surface area (Å²) in [6, 6.07) is 5.82. The van der Waals surface area contributed by atoms with Gasteiger partial charge >= 0.3 is 29.6 Å². The number of aliphatic hydroxyl groups excluding tert-OH is 3. The average Bonchev–Trinajstić information content (AvgIpc) is 2.75. The molecule has 0 aromatic heterocycles. The number of benzene rings is 1. The van der Waals surface area contributed by atoms with Gasteiger partial charge in [0.25, 0.3) is 0 Å². The van der Waals surface area contributed by atoms with E-state index in [-0.39, 0.29) is 35.5 Å². The van der Waals surface area contributed by atoms with E-state index in [4.69, 9.17) is 27.5 Å². The van der Waals surface area contributed by atoms with Crippen LogP contribution in [0.3, 0.4) is 0 Å². The predicted octanol–water partition coefficient (Wildman–Crippen LogP) is -2.37. The minimum absolute atomic E-state index is 0. The first kappa shape index (κ1) is 22.0. The van der Waals surface area contributed by atoms with E-state index in [1.807, 2.05) is 23.1 Å². The minimum Gasteiger partial charge on any atom is -0.648 e. The van der Waals surface area contributed by atoms with Crippen LogP contribution in [-0.4, -0.2) is 64.1 Å². The van der Waals surface area contributed by atoms with Gasteiger partial charge in [0.1, 0.15) is 24.5 Å². The minimum atomic E-state index is -1.45. The zero-order valence-corrected chi connectivity index (χ0v) is 17.6. The van der Waals surface area contributed by atoms with Gasteiger partial charge in [-0.1, -0.05) is 24.6 Å². The molecule has 0 amide bonds. The summed E-state index contributed by atoms with van der Waals surface area (Å²) in [6.45, 7) is 3.25. The SMILES string of the molecule is [C-]#CO[C@H]1O[C@@H](N2CCc3ccc(Cl)cc3[C@@H](C)C2)[C@H](O)[C@@H](O)[C@@H]1O.[Na+]. The van der Waals surface area contributed by atoms with Gasteiger partial charge < -0.3 is 31.2 Å². The van der Waals surface area contributed by atoms with Crippen molar-refractivity contribution in [3.8, 4) is 6.11 Å². The molecule has 2 aliphatic rings. The van der Waals surface area contributed by atoms with Crippen molar-refractivity contribution in [2.24, 2.45) is 0 Å². The van der Waals surface area contributed by atoms with E-state index in [0.29, 0.717) is 18.1 Å². The van der Waals surface area contributed by atoms with E-state index in [9.17, 15) is 15.3 Å². The number of ether oxygens (including phenoxy) is 2. The van der Waals surface area contributed by atoms with E-state index >= 15 is 0 Å². The summed E-state index contributed by atoms with van der Waals surface area (Å²) in [5.74, 6) is 0.143. The summed E-state index contributed by atoms with van der Waals surface area (Å²) in [4.78, 5) is 1.92. The van der Waals surface area contributed by atoms with Gasteiger partial charge in [-0.3, -0.25) is 4.90 Å². The Morgan fingerprint density at radius 1 is 1.27 bits per heavy atom. The van der Waals surface area contributed by atoms with Gasteiger partial charge in [0.2, 0.25) is 6.29 Å². The number of rotatable bonds is 2. The molecule has 1 aromatic rings. The summed E-state index contributed by atoms with van der Waals surface area (Å²) in [7, 11) is 0. The summed E-state index contributed by atoms with van der Waals surface area (Å²) in [6.07, 6.45) is 3.05. The monoisotopic (exact) mass is 389 g/mol. The van der Waals surface area contributed by atoms with Crippen LogP contribution in [0.15, 0.2) is 18.2 Å². The molecular weight excluding hydrogens is 369 g/mol. The van der Waals surface area contributed by atoms with Gasteiger partial charge in [-0.05, 0) is 35.6 Å². The Balaban J connectivity index is 0.00000243. The second-order valence-corrected chi connectivity index (χ2v) is 7.01. The third-order valence-corrected chi connectivity index (χ3v) is 5.13. The summed E-state index contributed by atoms with van der Waals surface area (Å²) < 4.78 is 10.4. The predicted molar refractivity (Wildman–Crippen MR) is 90.0 cm³/mol. The van der Waals surface area contributed by atoms with Crippen molar-refractivity contribution in [1.82, 2.24) is 4.90 Å². The van der Waals surface area contributed by atoms with Crippen LogP contribution in [0.25, 0.3) is 0 Å². The molecule has 6 nitrogen and oxygen atoms in total. The van der Waals surface area contributed by atoms with Gasteiger partial charge in [0.05, 0.1) is 0 Å². The van der Waals surface area contributed by atoms with Crippen LogP contribution < -0.4 is 29.6 Å². The van der Waals surface area contributed by atoms with Crippen molar-refractivity contribution in [3.05, 3.63) is 40.8 Å². The molecule has 0 bridgehead atoms. The molecule has 0 saturated carbocycles. The number of fused-ring (bicyclic) bond motifs is 1. The quantitative estimate of drug-likeness (QED) is 0.298. The molecule has 2 aliphatic heterocycles. The topological polar surface area (TPSA) is 82.4 Å². The van der Waals surface area contributed by atoms with Gasteiger partial charge in [0, 0.05) is 18.1 Å². The van der Waals surface area contributed by atoms with Crippen molar-refractivity contribution in [2.75, 3.05) is 13.1 Å². The van der Waals surface area contributed by atoms with E-state index < -0.39 is 30.8 Å². The van der Waals surface area contributed by atoms with Crippen molar-refractivity contribution >= 4 is 11.6 Å². The Labute approximate surface area is 180 Å². The Morgan fingerprint density at radius 3 is 2.69 bits per heavy atom. The van der Waals surface area contributed by atoms with Crippen LogP contribution >= 0.6 is 11.6 Å². The zero-order valence-electron chi connectivity index (χ0n) is 14.8. The zero-order chi connectivity index (χ0) is 18.1. The molecule has 1 fully saturated rings. The summed E-state index contributed by atoms with van der Waals surface area (Å²) >= 11 is 6.11. The third kappa shape index (κ3) is 4.39. The molecule has 136 valence electrons. The first-order chi connectivity index (χ1) is 11.9.